The number of hydrogen-bond donors (Lipinski definition) is 1. The first kappa shape index (κ1) is 14.9. The number of aryl methyl sites for hydroxylation is 2. The van der Waals surface area contributed by atoms with Crippen molar-refractivity contribution in [3.8, 4) is 10.6 Å². The minimum absolute atomic E-state index is 0.760. The third-order valence-electron chi connectivity index (χ3n) is 4.05. The summed E-state index contributed by atoms with van der Waals surface area (Å²) < 4.78 is 1.82. The molecule has 0 aliphatic carbocycles. The Kier molecular flexibility index (Phi) is 3.78. The Morgan fingerprint density at radius 2 is 1.92 bits per heavy atom. The van der Waals surface area contributed by atoms with E-state index in [4.69, 9.17) is 0 Å². The summed E-state index contributed by atoms with van der Waals surface area (Å²) in [6.07, 6.45) is 1.96. The van der Waals surface area contributed by atoms with E-state index in [9.17, 15) is 0 Å². The van der Waals surface area contributed by atoms with Gasteiger partial charge in [0.2, 0.25) is 0 Å². The molecule has 0 aliphatic heterocycles. The fourth-order valence-electron chi connectivity index (χ4n) is 2.86. The molecule has 0 atom stereocenters. The van der Waals surface area contributed by atoms with Crippen molar-refractivity contribution in [3.63, 3.8) is 0 Å². The van der Waals surface area contributed by atoms with Gasteiger partial charge in [-0.05, 0) is 29.3 Å². The van der Waals surface area contributed by atoms with Crippen LogP contribution in [0.3, 0.4) is 0 Å². The highest BCUT2D eigenvalue weighted by molar-refractivity contribution is 7.19. The van der Waals surface area contributed by atoms with E-state index >= 15 is 0 Å². The molecule has 120 valence electrons. The summed E-state index contributed by atoms with van der Waals surface area (Å²) >= 11 is 1.65. The van der Waals surface area contributed by atoms with Crippen molar-refractivity contribution >= 4 is 27.2 Å². The minimum atomic E-state index is 0.760. The third-order valence-corrected chi connectivity index (χ3v) is 5.19. The molecule has 0 saturated carbocycles. The molecule has 0 amide bonds. The summed E-state index contributed by atoms with van der Waals surface area (Å²) in [5, 5.41) is 11.4. The highest BCUT2D eigenvalue weighted by Gasteiger charge is 2.12. The predicted molar refractivity (Wildman–Crippen MR) is 100 cm³/mol. The number of benzene rings is 2. The van der Waals surface area contributed by atoms with Gasteiger partial charge in [-0.2, -0.15) is 5.10 Å². The molecule has 2 heterocycles. The Hall–Kier alpha value is -2.66. The monoisotopic (exact) mass is 334 g/mol. The average molecular weight is 334 g/mol. The molecule has 0 fully saturated rings. The van der Waals surface area contributed by atoms with E-state index in [0.717, 1.165) is 27.9 Å². The van der Waals surface area contributed by atoms with E-state index in [1.165, 1.54) is 16.3 Å². The van der Waals surface area contributed by atoms with Crippen LogP contribution in [0.25, 0.3) is 21.3 Å². The Balaban J connectivity index is 1.58. The molecule has 0 radical (unpaired) electrons. The van der Waals surface area contributed by atoms with Crippen LogP contribution in [-0.2, 0) is 13.6 Å². The largest absolute Gasteiger partial charge is 0.357 e. The zero-order chi connectivity index (χ0) is 16.5. The predicted octanol–water partition coefficient (Wildman–Crippen LogP) is 4.62. The highest BCUT2D eigenvalue weighted by Crippen LogP contribution is 2.32. The van der Waals surface area contributed by atoms with E-state index in [1.54, 1.807) is 11.3 Å². The number of aromatic nitrogens is 3. The van der Waals surface area contributed by atoms with Crippen molar-refractivity contribution in [2.75, 3.05) is 5.32 Å². The molecule has 0 aliphatic rings. The van der Waals surface area contributed by atoms with Crippen LogP contribution >= 0.6 is 11.3 Å². The number of thiazole rings is 1. The molecule has 4 nitrogen and oxygen atoms in total. The van der Waals surface area contributed by atoms with Gasteiger partial charge >= 0.3 is 0 Å². The lowest BCUT2D eigenvalue weighted by Crippen LogP contribution is -1.99. The Labute approximate surface area is 144 Å². The summed E-state index contributed by atoms with van der Waals surface area (Å²) in [7, 11) is 1.93. The minimum Gasteiger partial charge on any atom is -0.357 e. The molecule has 2 aromatic heterocycles. The van der Waals surface area contributed by atoms with Crippen LogP contribution in [0.1, 0.15) is 11.3 Å². The van der Waals surface area contributed by atoms with Gasteiger partial charge < -0.3 is 5.32 Å². The van der Waals surface area contributed by atoms with Crippen molar-refractivity contribution in [1.29, 1.82) is 0 Å². The van der Waals surface area contributed by atoms with Crippen molar-refractivity contribution in [1.82, 2.24) is 14.8 Å². The molecule has 4 rings (SSSR count). The molecular weight excluding hydrogens is 316 g/mol. The maximum absolute atomic E-state index is 4.65. The first-order valence-electron chi connectivity index (χ1n) is 7.88. The van der Waals surface area contributed by atoms with E-state index in [2.05, 4.69) is 57.9 Å². The van der Waals surface area contributed by atoms with Crippen LogP contribution < -0.4 is 5.32 Å². The molecule has 4 aromatic rings. The van der Waals surface area contributed by atoms with E-state index in [1.807, 2.05) is 30.9 Å². The SMILES string of the molecule is Cc1nc(NCc2cccc3ccccc23)sc1-c1ccn(C)n1. The van der Waals surface area contributed by atoms with Crippen LogP contribution in [0.5, 0.6) is 0 Å². The first-order valence-corrected chi connectivity index (χ1v) is 8.70. The summed E-state index contributed by atoms with van der Waals surface area (Å²) in [6.45, 7) is 2.79. The lowest BCUT2D eigenvalue weighted by atomic mass is 10.0. The summed E-state index contributed by atoms with van der Waals surface area (Å²) in [6, 6.07) is 16.9. The quantitative estimate of drug-likeness (QED) is 0.592. The lowest BCUT2D eigenvalue weighted by Gasteiger charge is -2.07. The topological polar surface area (TPSA) is 42.7 Å². The molecular formula is C19H18N4S. The summed E-state index contributed by atoms with van der Waals surface area (Å²) in [5.74, 6) is 0. The second-order valence-corrected chi connectivity index (χ2v) is 6.80. The van der Waals surface area contributed by atoms with Crippen molar-refractivity contribution < 1.29 is 0 Å². The number of hydrogen-bond acceptors (Lipinski definition) is 4. The van der Waals surface area contributed by atoms with Crippen molar-refractivity contribution in [2.24, 2.45) is 7.05 Å². The van der Waals surface area contributed by atoms with Crippen LogP contribution in [-0.4, -0.2) is 14.8 Å². The number of rotatable bonds is 4. The van der Waals surface area contributed by atoms with E-state index in [-0.39, 0.29) is 0 Å². The smallest absolute Gasteiger partial charge is 0.183 e. The number of nitrogens with zero attached hydrogens (tertiary/aromatic N) is 3. The maximum Gasteiger partial charge on any atom is 0.183 e. The van der Waals surface area contributed by atoms with Gasteiger partial charge in [0.15, 0.2) is 5.13 Å². The number of fused-ring (bicyclic) bond motifs is 1. The maximum atomic E-state index is 4.65. The van der Waals surface area contributed by atoms with Gasteiger partial charge in [0, 0.05) is 19.8 Å². The molecule has 1 N–H and O–H groups in total. The van der Waals surface area contributed by atoms with Gasteiger partial charge in [-0.1, -0.05) is 53.8 Å². The molecule has 0 unspecified atom stereocenters. The Morgan fingerprint density at radius 1 is 1.08 bits per heavy atom. The standard InChI is InChI=1S/C19H18N4S/c1-13-18(17-10-11-23(2)22-17)24-19(21-13)20-12-15-8-5-7-14-6-3-4-9-16(14)15/h3-11H,12H2,1-2H3,(H,20,21). The van der Waals surface area contributed by atoms with Crippen LogP contribution in [0.4, 0.5) is 5.13 Å². The molecule has 5 heteroatoms. The second-order valence-electron chi connectivity index (χ2n) is 5.80. The number of anilines is 1. The normalized spacial score (nSPS) is 11.1. The summed E-state index contributed by atoms with van der Waals surface area (Å²) in [5.41, 5.74) is 3.27. The van der Waals surface area contributed by atoms with Crippen LogP contribution in [0.15, 0.2) is 54.7 Å². The average Bonchev–Trinajstić information content (AvgIpc) is 3.18. The third kappa shape index (κ3) is 2.78. The van der Waals surface area contributed by atoms with Gasteiger partial charge in [0.25, 0.3) is 0 Å². The highest BCUT2D eigenvalue weighted by atomic mass is 32.1. The molecule has 24 heavy (non-hydrogen) atoms. The van der Waals surface area contributed by atoms with E-state index in [0.29, 0.717) is 0 Å². The lowest BCUT2D eigenvalue weighted by molar-refractivity contribution is 0.771. The van der Waals surface area contributed by atoms with Crippen molar-refractivity contribution in [2.45, 2.75) is 13.5 Å². The van der Waals surface area contributed by atoms with Gasteiger partial charge in [-0.15, -0.1) is 0 Å². The Bertz CT molecular complexity index is 994. The Morgan fingerprint density at radius 3 is 2.75 bits per heavy atom. The van der Waals surface area contributed by atoms with Crippen molar-refractivity contribution in [3.05, 3.63) is 66.0 Å². The number of nitrogens with one attached hydrogen (secondary N) is 1. The zero-order valence-electron chi connectivity index (χ0n) is 13.7. The van der Waals surface area contributed by atoms with E-state index < -0.39 is 0 Å². The molecule has 0 bridgehead atoms. The summed E-state index contributed by atoms with van der Waals surface area (Å²) in [4.78, 5) is 5.77. The first-order chi connectivity index (χ1) is 11.7. The fourth-order valence-corrected chi connectivity index (χ4v) is 3.79. The molecule has 2 aromatic carbocycles. The van der Waals surface area contributed by atoms with Crippen LogP contribution in [0.2, 0.25) is 0 Å². The van der Waals surface area contributed by atoms with Gasteiger partial charge in [0.1, 0.15) is 5.69 Å². The molecule has 0 saturated heterocycles. The van der Waals surface area contributed by atoms with Gasteiger partial charge in [0.05, 0.1) is 10.6 Å². The van der Waals surface area contributed by atoms with Gasteiger partial charge in [-0.25, -0.2) is 4.98 Å². The zero-order valence-corrected chi connectivity index (χ0v) is 14.5. The van der Waals surface area contributed by atoms with Crippen LogP contribution in [0, 0.1) is 6.92 Å². The van der Waals surface area contributed by atoms with Gasteiger partial charge in [-0.3, -0.25) is 4.68 Å². The second kappa shape index (κ2) is 6.09. The molecule has 0 spiro atoms. The fraction of sp³-hybridized carbons (Fsp3) is 0.158.